The highest BCUT2D eigenvalue weighted by molar-refractivity contribution is 6.20. The largest absolute Gasteiger partial charge is 0.487 e. The van der Waals surface area contributed by atoms with Crippen LogP contribution < -0.4 is 20.3 Å². The standard InChI is InChI=1S/C29H29ClF2N4O3/c1-16(2)36-26-23(18-5-4-12-33-15-18)13-19(14-24(26)22-10-11-25(27(22)36)34-17(3)37)28(38)35-20-6-8-21(9-7-20)39-29(30,31)32/h4-9,12-16,22,25,27H,10-11H2,1-3H3,(H,34,37)(H,35,38)/t22-,25+,27+/m1/s1. The van der Waals surface area contributed by atoms with Gasteiger partial charge < -0.3 is 20.3 Å². The molecule has 5 rings (SSSR count). The molecule has 0 saturated heterocycles. The highest BCUT2D eigenvalue weighted by Crippen LogP contribution is 2.54. The number of hydrogen-bond acceptors (Lipinski definition) is 5. The number of anilines is 2. The van der Waals surface area contributed by atoms with Crippen LogP contribution in [0.4, 0.5) is 20.2 Å². The van der Waals surface area contributed by atoms with Gasteiger partial charge in [-0.25, -0.2) is 0 Å². The molecule has 2 N–H and O–H groups in total. The van der Waals surface area contributed by atoms with Crippen molar-refractivity contribution in [1.29, 1.82) is 0 Å². The fraction of sp³-hybridized carbons (Fsp3) is 0.345. The number of nitrogens with zero attached hydrogens (tertiary/aromatic N) is 2. The van der Waals surface area contributed by atoms with Gasteiger partial charge in [0.15, 0.2) is 0 Å². The number of nitrogens with one attached hydrogen (secondary N) is 2. The van der Waals surface area contributed by atoms with E-state index >= 15 is 0 Å². The van der Waals surface area contributed by atoms with E-state index in [0.717, 1.165) is 35.2 Å². The first-order chi connectivity index (χ1) is 18.5. The second-order valence-electron chi connectivity index (χ2n) is 10.2. The molecule has 3 atom stereocenters. The van der Waals surface area contributed by atoms with Crippen LogP contribution in [0.15, 0.2) is 60.9 Å². The van der Waals surface area contributed by atoms with Crippen LogP contribution in [0.1, 0.15) is 55.5 Å². The van der Waals surface area contributed by atoms with E-state index in [1.54, 1.807) is 19.3 Å². The van der Waals surface area contributed by atoms with E-state index < -0.39 is 5.57 Å². The molecule has 1 fully saturated rings. The zero-order valence-corrected chi connectivity index (χ0v) is 22.5. The van der Waals surface area contributed by atoms with E-state index in [1.165, 1.54) is 24.3 Å². The third-order valence-corrected chi connectivity index (χ3v) is 7.33. The zero-order valence-electron chi connectivity index (χ0n) is 21.8. The third kappa shape index (κ3) is 5.54. The van der Waals surface area contributed by atoms with Gasteiger partial charge in [0.1, 0.15) is 5.75 Å². The molecular formula is C29H29ClF2N4O3. The number of pyridine rings is 1. The van der Waals surface area contributed by atoms with Crippen LogP contribution in [0.2, 0.25) is 0 Å². The maximum absolute atomic E-state index is 13.5. The summed E-state index contributed by atoms with van der Waals surface area (Å²) in [6, 6.07) is 13.4. The van der Waals surface area contributed by atoms with Crippen molar-refractivity contribution < 1.29 is 23.1 Å². The number of hydrogen-bond donors (Lipinski definition) is 2. The van der Waals surface area contributed by atoms with Crippen LogP contribution in [0.3, 0.4) is 0 Å². The van der Waals surface area contributed by atoms with Crippen molar-refractivity contribution in [2.45, 2.75) is 63.2 Å². The Morgan fingerprint density at radius 2 is 1.90 bits per heavy atom. The minimum Gasteiger partial charge on any atom is -0.420 e. The Labute approximate surface area is 230 Å². The second kappa shape index (κ2) is 10.4. The first-order valence-electron chi connectivity index (χ1n) is 12.8. The molecule has 0 bridgehead atoms. The lowest BCUT2D eigenvalue weighted by molar-refractivity contribution is -0.119. The molecule has 1 aliphatic heterocycles. The van der Waals surface area contributed by atoms with E-state index in [2.05, 4.69) is 39.1 Å². The summed E-state index contributed by atoms with van der Waals surface area (Å²) in [5.74, 6) is -0.371. The number of carbonyl (C=O) groups is 2. The molecule has 2 amide bonds. The maximum atomic E-state index is 13.5. The summed E-state index contributed by atoms with van der Waals surface area (Å²) in [6.07, 6.45) is 5.22. The molecule has 7 nitrogen and oxygen atoms in total. The van der Waals surface area contributed by atoms with E-state index in [4.69, 9.17) is 11.6 Å². The Bertz CT molecular complexity index is 1380. The first-order valence-corrected chi connectivity index (χ1v) is 13.2. The van der Waals surface area contributed by atoms with Gasteiger partial charge in [0.05, 0.1) is 6.04 Å². The summed E-state index contributed by atoms with van der Waals surface area (Å²) < 4.78 is 30.2. The molecule has 1 aromatic heterocycles. The molecular weight excluding hydrogens is 526 g/mol. The number of carbonyl (C=O) groups excluding carboxylic acids is 2. The van der Waals surface area contributed by atoms with Crippen LogP contribution in [0, 0.1) is 0 Å². The van der Waals surface area contributed by atoms with Gasteiger partial charge >= 0.3 is 5.57 Å². The lowest BCUT2D eigenvalue weighted by Crippen LogP contribution is -2.50. The van der Waals surface area contributed by atoms with Crippen molar-refractivity contribution in [3.8, 4) is 16.9 Å². The molecule has 0 radical (unpaired) electrons. The molecule has 10 heteroatoms. The van der Waals surface area contributed by atoms with Gasteiger partial charge in [-0.15, -0.1) is 8.78 Å². The molecule has 1 aliphatic carbocycles. The van der Waals surface area contributed by atoms with E-state index in [-0.39, 0.29) is 41.6 Å². The normalized spacial score (nSPS) is 20.0. The minimum atomic E-state index is -3.82. The summed E-state index contributed by atoms with van der Waals surface area (Å²) in [4.78, 5) is 32.1. The Balaban J connectivity index is 1.53. The quantitative estimate of drug-likeness (QED) is 0.342. The monoisotopic (exact) mass is 554 g/mol. The van der Waals surface area contributed by atoms with Crippen LogP contribution >= 0.6 is 11.6 Å². The van der Waals surface area contributed by atoms with E-state index in [1.807, 2.05) is 24.3 Å². The fourth-order valence-electron chi connectivity index (χ4n) is 5.92. The second-order valence-corrected chi connectivity index (χ2v) is 10.7. The van der Waals surface area contributed by atoms with Gasteiger partial charge in [0, 0.05) is 77.0 Å². The average Bonchev–Trinajstić information content (AvgIpc) is 3.42. The lowest BCUT2D eigenvalue weighted by atomic mass is 9.91. The Morgan fingerprint density at radius 3 is 2.51 bits per heavy atom. The van der Waals surface area contributed by atoms with Crippen molar-refractivity contribution in [3.05, 3.63) is 72.1 Å². The minimum absolute atomic E-state index is 0.00224. The lowest BCUT2D eigenvalue weighted by Gasteiger charge is -2.36. The maximum Gasteiger partial charge on any atom is 0.487 e. The number of fused-ring (bicyclic) bond motifs is 3. The van der Waals surface area contributed by atoms with Gasteiger partial charge in [-0.05, 0) is 74.7 Å². The summed E-state index contributed by atoms with van der Waals surface area (Å²) in [6.45, 7) is 5.81. The van der Waals surface area contributed by atoms with E-state index in [0.29, 0.717) is 11.3 Å². The molecule has 0 unspecified atom stereocenters. The SMILES string of the molecule is CC(=O)N[C@H]1CC[C@@H]2c3cc(C(=O)Nc4ccc(OC(F)(F)Cl)cc4)cc(-c4cccnc4)c3N(C(C)C)[C@H]12. The van der Waals surface area contributed by atoms with Gasteiger partial charge in [-0.1, -0.05) is 6.07 Å². The number of alkyl halides is 3. The van der Waals surface area contributed by atoms with E-state index in [9.17, 15) is 18.4 Å². The van der Waals surface area contributed by atoms with Crippen molar-refractivity contribution in [2.24, 2.45) is 0 Å². The third-order valence-electron chi connectivity index (χ3n) is 7.26. The molecule has 39 heavy (non-hydrogen) atoms. The molecule has 2 aromatic carbocycles. The predicted molar refractivity (Wildman–Crippen MR) is 146 cm³/mol. The molecule has 0 spiro atoms. The summed E-state index contributed by atoms with van der Waals surface area (Å²) in [5, 5.41) is 5.99. The van der Waals surface area contributed by atoms with Crippen molar-refractivity contribution >= 4 is 34.8 Å². The van der Waals surface area contributed by atoms with Gasteiger partial charge in [0.2, 0.25) is 5.91 Å². The highest BCUT2D eigenvalue weighted by atomic mass is 35.5. The van der Waals surface area contributed by atoms with Gasteiger partial charge in [-0.3, -0.25) is 14.6 Å². The smallest absolute Gasteiger partial charge is 0.420 e. The topological polar surface area (TPSA) is 83.6 Å². The van der Waals surface area contributed by atoms with Gasteiger partial charge in [0.25, 0.3) is 5.91 Å². The Kier molecular flexibility index (Phi) is 7.20. The summed E-state index contributed by atoms with van der Waals surface area (Å²) in [7, 11) is 0. The van der Waals surface area contributed by atoms with Gasteiger partial charge in [-0.2, -0.15) is 0 Å². The molecule has 1 saturated carbocycles. The number of ether oxygens (including phenoxy) is 1. The number of amides is 2. The summed E-state index contributed by atoms with van der Waals surface area (Å²) >= 11 is 4.83. The van der Waals surface area contributed by atoms with Crippen LogP contribution in [0.25, 0.3) is 11.1 Å². The molecule has 3 aromatic rings. The number of halogens is 3. The highest BCUT2D eigenvalue weighted by Gasteiger charge is 2.49. The van der Waals surface area contributed by atoms with Crippen LogP contribution in [-0.4, -0.2) is 40.5 Å². The molecule has 2 aliphatic rings. The van der Waals surface area contributed by atoms with Crippen LogP contribution in [0.5, 0.6) is 5.75 Å². The fourth-order valence-corrected chi connectivity index (χ4v) is 6.01. The zero-order chi connectivity index (χ0) is 27.9. The number of benzene rings is 2. The van der Waals surface area contributed by atoms with Crippen molar-refractivity contribution in [2.75, 3.05) is 10.2 Å². The Morgan fingerprint density at radius 1 is 1.15 bits per heavy atom. The Hall–Kier alpha value is -3.72. The molecule has 2 heterocycles. The number of aromatic nitrogens is 1. The average molecular weight is 555 g/mol. The van der Waals surface area contributed by atoms with Crippen molar-refractivity contribution in [1.82, 2.24) is 10.3 Å². The van der Waals surface area contributed by atoms with Crippen LogP contribution in [-0.2, 0) is 4.79 Å². The first kappa shape index (κ1) is 26.9. The summed E-state index contributed by atoms with van der Waals surface area (Å²) in [5.41, 5.74) is 0.967. The predicted octanol–water partition coefficient (Wildman–Crippen LogP) is 6.15. The van der Waals surface area contributed by atoms with Crippen molar-refractivity contribution in [3.63, 3.8) is 0 Å². The number of rotatable bonds is 7. The molecule has 204 valence electrons.